The van der Waals surface area contributed by atoms with E-state index in [9.17, 15) is 4.39 Å². The molecular formula is C24H25Cl3FN5. The predicted octanol–water partition coefficient (Wildman–Crippen LogP) is 6.57. The normalized spacial score (nSPS) is 10.6. The van der Waals surface area contributed by atoms with Crippen LogP contribution in [-0.4, -0.2) is 40.5 Å². The molecule has 2 heterocycles. The molecule has 0 radical (unpaired) electrons. The Balaban J connectivity index is 0.00000193. The lowest BCUT2D eigenvalue weighted by Crippen LogP contribution is -2.13. The van der Waals surface area contributed by atoms with Crippen LogP contribution in [0.25, 0.3) is 22.3 Å². The molecule has 2 aromatic heterocycles. The summed E-state index contributed by atoms with van der Waals surface area (Å²) in [7, 11) is 4.15. The van der Waals surface area contributed by atoms with Gasteiger partial charge < -0.3 is 10.2 Å². The Hall–Kier alpha value is -2.51. The number of aromatic nitrogens is 3. The minimum Gasteiger partial charge on any atom is -0.340 e. The molecule has 4 aromatic rings. The van der Waals surface area contributed by atoms with Crippen molar-refractivity contribution in [3.63, 3.8) is 0 Å². The predicted molar refractivity (Wildman–Crippen MR) is 139 cm³/mol. The van der Waals surface area contributed by atoms with Crippen molar-refractivity contribution in [1.82, 2.24) is 19.9 Å². The van der Waals surface area contributed by atoms with Crippen molar-refractivity contribution in [2.45, 2.75) is 12.8 Å². The Kier molecular flexibility index (Phi) is 9.80. The van der Waals surface area contributed by atoms with Gasteiger partial charge in [0.25, 0.3) is 0 Å². The third kappa shape index (κ3) is 6.74. The van der Waals surface area contributed by atoms with Gasteiger partial charge in [-0.15, -0.1) is 24.8 Å². The molecule has 2 aromatic carbocycles. The lowest BCUT2D eigenvalue weighted by molar-refractivity contribution is 0.400. The maximum absolute atomic E-state index is 13.6. The Labute approximate surface area is 210 Å². The summed E-state index contributed by atoms with van der Waals surface area (Å²) < 4.78 is 13.6. The number of hydrogen-bond donors (Lipinski definition) is 1. The summed E-state index contributed by atoms with van der Waals surface area (Å²) in [6.07, 6.45) is 5.46. The van der Waals surface area contributed by atoms with Crippen LogP contribution < -0.4 is 5.32 Å². The molecule has 0 aliphatic rings. The molecule has 0 amide bonds. The Morgan fingerprint density at radius 1 is 1.03 bits per heavy atom. The summed E-state index contributed by atoms with van der Waals surface area (Å²) in [6, 6.07) is 14.5. The molecule has 0 spiro atoms. The van der Waals surface area contributed by atoms with Gasteiger partial charge in [-0.1, -0.05) is 17.7 Å². The number of aryl methyl sites for hydroxylation is 1. The molecule has 0 saturated heterocycles. The summed E-state index contributed by atoms with van der Waals surface area (Å²) in [6.45, 7) is 1.02. The van der Waals surface area contributed by atoms with Crippen LogP contribution in [0.3, 0.4) is 0 Å². The highest BCUT2D eigenvalue weighted by molar-refractivity contribution is 6.31. The van der Waals surface area contributed by atoms with E-state index in [1.165, 1.54) is 11.6 Å². The zero-order valence-electron chi connectivity index (χ0n) is 18.3. The largest absolute Gasteiger partial charge is 0.340 e. The quantitative estimate of drug-likeness (QED) is 0.306. The van der Waals surface area contributed by atoms with Crippen molar-refractivity contribution in [3.05, 3.63) is 77.3 Å². The molecule has 5 nitrogen and oxygen atoms in total. The SMILES string of the molecule is CN(C)CCCc1ccc2nc(-c3cccnc3)nc(Nc3ccc(F)c(Cl)c3)c2c1.Cl.Cl. The summed E-state index contributed by atoms with van der Waals surface area (Å²) in [5.74, 6) is 0.747. The first kappa shape index (κ1) is 26.7. The fourth-order valence-electron chi connectivity index (χ4n) is 3.36. The minimum atomic E-state index is -0.459. The molecule has 33 heavy (non-hydrogen) atoms. The van der Waals surface area contributed by atoms with Crippen LogP contribution >= 0.6 is 36.4 Å². The van der Waals surface area contributed by atoms with Gasteiger partial charge in [0.05, 0.1) is 10.5 Å². The summed E-state index contributed by atoms with van der Waals surface area (Å²) in [5.41, 5.74) is 3.51. The summed E-state index contributed by atoms with van der Waals surface area (Å²) in [4.78, 5) is 15.9. The first-order chi connectivity index (χ1) is 15.0. The van der Waals surface area contributed by atoms with E-state index in [0.717, 1.165) is 35.9 Å². The monoisotopic (exact) mass is 507 g/mol. The number of hydrogen-bond acceptors (Lipinski definition) is 5. The number of benzene rings is 2. The van der Waals surface area contributed by atoms with Crippen molar-refractivity contribution in [3.8, 4) is 11.4 Å². The van der Waals surface area contributed by atoms with Crippen molar-refractivity contribution < 1.29 is 4.39 Å². The molecule has 0 saturated carbocycles. The molecule has 0 atom stereocenters. The smallest absolute Gasteiger partial charge is 0.163 e. The van der Waals surface area contributed by atoms with Crippen molar-refractivity contribution in [2.75, 3.05) is 26.0 Å². The zero-order chi connectivity index (χ0) is 21.8. The minimum absolute atomic E-state index is 0. The van der Waals surface area contributed by atoms with Gasteiger partial charge in [0.2, 0.25) is 0 Å². The highest BCUT2D eigenvalue weighted by atomic mass is 35.5. The fraction of sp³-hybridized carbons (Fsp3) is 0.208. The molecular weight excluding hydrogens is 484 g/mol. The maximum atomic E-state index is 13.6. The van der Waals surface area contributed by atoms with Crippen molar-refractivity contribution in [2.24, 2.45) is 0 Å². The molecule has 174 valence electrons. The number of fused-ring (bicyclic) bond motifs is 1. The summed E-state index contributed by atoms with van der Waals surface area (Å²) >= 11 is 5.97. The molecule has 0 bridgehead atoms. The third-order valence-corrected chi connectivity index (χ3v) is 5.22. The standard InChI is InChI=1S/C24H23ClFN5.2ClH/c1-31(2)12-4-5-16-7-10-22-19(13-16)24(28-18-8-9-21(26)20(25)14-18)30-23(29-22)17-6-3-11-27-15-17;;/h3,6-11,13-15H,4-5,12H2,1-2H3,(H,28,29,30);2*1H. The van der Waals surface area contributed by atoms with Gasteiger partial charge in [-0.05, 0) is 81.5 Å². The van der Waals surface area contributed by atoms with Crippen LogP contribution in [0, 0.1) is 5.82 Å². The highest BCUT2D eigenvalue weighted by Gasteiger charge is 2.12. The lowest BCUT2D eigenvalue weighted by Gasteiger charge is -2.13. The molecule has 4 rings (SSSR count). The van der Waals surface area contributed by atoms with Crippen LogP contribution in [0.5, 0.6) is 0 Å². The second-order valence-corrected chi connectivity index (χ2v) is 8.06. The van der Waals surface area contributed by atoms with E-state index >= 15 is 0 Å². The average Bonchev–Trinajstić information content (AvgIpc) is 2.77. The lowest BCUT2D eigenvalue weighted by atomic mass is 10.1. The van der Waals surface area contributed by atoms with Crippen LogP contribution in [0.15, 0.2) is 60.9 Å². The number of pyridine rings is 1. The van der Waals surface area contributed by atoms with Gasteiger partial charge in [0.15, 0.2) is 5.82 Å². The first-order valence-electron chi connectivity index (χ1n) is 10.1. The van der Waals surface area contributed by atoms with Crippen LogP contribution in [0.4, 0.5) is 15.9 Å². The van der Waals surface area contributed by atoms with Crippen molar-refractivity contribution >= 4 is 58.8 Å². The number of halogens is 4. The molecule has 0 fully saturated rings. The molecule has 0 unspecified atom stereocenters. The molecule has 9 heteroatoms. The highest BCUT2D eigenvalue weighted by Crippen LogP contribution is 2.29. The van der Waals surface area contributed by atoms with Gasteiger partial charge in [-0.2, -0.15) is 0 Å². The van der Waals surface area contributed by atoms with Gasteiger partial charge in [0.1, 0.15) is 11.6 Å². The number of nitrogens with zero attached hydrogens (tertiary/aromatic N) is 4. The van der Waals surface area contributed by atoms with Gasteiger partial charge in [-0.25, -0.2) is 14.4 Å². The summed E-state index contributed by atoms with van der Waals surface area (Å²) in [5, 5.41) is 4.25. The van der Waals surface area contributed by atoms with Crippen LogP contribution in [-0.2, 0) is 6.42 Å². The third-order valence-electron chi connectivity index (χ3n) is 4.93. The topological polar surface area (TPSA) is 53.9 Å². The van der Waals surface area contributed by atoms with E-state index in [0.29, 0.717) is 17.3 Å². The van der Waals surface area contributed by atoms with E-state index in [-0.39, 0.29) is 29.8 Å². The number of anilines is 2. The maximum Gasteiger partial charge on any atom is 0.163 e. The fourth-order valence-corrected chi connectivity index (χ4v) is 3.54. The van der Waals surface area contributed by atoms with E-state index in [1.807, 2.05) is 18.2 Å². The Bertz CT molecular complexity index is 1210. The zero-order valence-corrected chi connectivity index (χ0v) is 20.6. The first-order valence-corrected chi connectivity index (χ1v) is 10.5. The van der Waals surface area contributed by atoms with E-state index in [2.05, 4.69) is 41.4 Å². The van der Waals surface area contributed by atoms with Crippen LogP contribution in [0.1, 0.15) is 12.0 Å². The Morgan fingerprint density at radius 2 is 1.85 bits per heavy atom. The van der Waals surface area contributed by atoms with Crippen molar-refractivity contribution in [1.29, 1.82) is 0 Å². The van der Waals surface area contributed by atoms with Crippen LogP contribution in [0.2, 0.25) is 5.02 Å². The van der Waals surface area contributed by atoms with E-state index in [4.69, 9.17) is 21.6 Å². The number of rotatable bonds is 7. The average molecular weight is 509 g/mol. The molecule has 0 aliphatic carbocycles. The van der Waals surface area contributed by atoms with Gasteiger partial charge >= 0.3 is 0 Å². The Morgan fingerprint density at radius 3 is 2.55 bits per heavy atom. The van der Waals surface area contributed by atoms with Gasteiger partial charge in [-0.3, -0.25) is 4.98 Å². The second kappa shape index (κ2) is 12.1. The number of nitrogens with one attached hydrogen (secondary N) is 1. The second-order valence-electron chi connectivity index (χ2n) is 7.65. The van der Waals surface area contributed by atoms with Gasteiger partial charge in [0, 0.05) is 29.0 Å². The van der Waals surface area contributed by atoms with E-state index < -0.39 is 5.82 Å². The molecule has 0 aliphatic heterocycles. The molecule has 1 N–H and O–H groups in total. The van der Waals surface area contributed by atoms with E-state index in [1.54, 1.807) is 24.5 Å².